The molecule has 1 unspecified atom stereocenters. The molecule has 1 aliphatic rings. The topological polar surface area (TPSA) is 75.2 Å². The highest BCUT2D eigenvalue weighted by Gasteiger charge is 2.37. The fraction of sp³-hybridized carbons (Fsp3) is 0.143. The van der Waals surface area contributed by atoms with Crippen LogP contribution >= 0.6 is 0 Å². The van der Waals surface area contributed by atoms with Crippen molar-refractivity contribution in [3.05, 3.63) is 78.2 Å². The van der Waals surface area contributed by atoms with Crippen molar-refractivity contribution in [2.45, 2.75) is 6.92 Å². The lowest BCUT2D eigenvalue weighted by Gasteiger charge is -2.34. The highest BCUT2D eigenvalue weighted by Crippen LogP contribution is 2.35. The van der Waals surface area contributed by atoms with Gasteiger partial charge in [-0.15, -0.1) is 0 Å². The zero-order chi connectivity index (χ0) is 18.8. The number of Topliss-reactive ketones (excluding diaryl/α,β-unsaturated/α-hetero) is 1. The number of hydrogen-bond donors (Lipinski definition) is 1. The van der Waals surface area contributed by atoms with Crippen LogP contribution in [0.1, 0.15) is 15.9 Å². The van der Waals surface area contributed by atoms with Crippen molar-refractivity contribution in [3.63, 3.8) is 0 Å². The lowest BCUT2D eigenvalue weighted by atomic mass is 9.89. The molecule has 4 rings (SSSR count). The van der Waals surface area contributed by atoms with E-state index in [0.717, 1.165) is 16.9 Å². The van der Waals surface area contributed by atoms with Gasteiger partial charge in [-0.3, -0.25) is 14.6 Å². The van der Waals surface area contributed by atoms with Crippen LogP contribution in [0.25, 0.3) is 0 Å². The third kappa shape index (κ3) is 3.29. The van der Waals surface area contributed by atoms with Crippen molar-refractivity contribution in [2.75, 3.05) is 16.8 Å². The number of rotatable bonds is 3. The molecule has 3 aromatic rings. The molecule has 0 fully saturated rings. The number of para-hydroxylation sites is 1. The van der Waals surface area contributed by atoms with Gasteiger partial charge < -0.3 is 10.2 Å². The summed E-state index contributed by atoms with van der Waals surface area (Å²) < 4.78 is 0. The monoisotopic (exact) mass is 358 g/mol. The van der Waals surface area contributed by atoms with Crippen molar-refractivity contribution in [1.82, 2.24) is 9.97 Å². The average molecular weight is 358 g/mol. The number of hydrogen-bond acceptors (Lipinski definition) is 5. The molecule has 134 valence electrons. The van der Waals surface area contributed by atoms with E-state index in [1.807, 2.05) is 54.3 Å². The maximum absolute atomic E-state index is 13.0. The molecule has 1 N–H and O–H groups in total. The summed E-state index contributed by atoms with van der Waals surface area (Å²) in [5.74, 6) is -1.07. The van der Waals surface area contributed by atoms with Crippen molar-refractivity contribution in [1.29, 1.82) is 0 Å². The molecule has 2 heterocycles. The fourth-order valence-electron chi connectivity index (χ4n) is 3.22. The number of carbonyl (C=O) groups excluding carboxylic acids is 2. The highest BCUT2D eigenvalue weighted by molar-refractivity contribution is 6.17. The van der Waals surface area contributed by atoms with E-state index < -0.39 is 5.92 Å². The van der Waals surface area contributed by atoms with Gasteiger partial charge in [-0.05, 0) is 31.2 Å². The molecule has 0 aliphatic carbocycles. The first-order valence-electron chi connectivity index (χ1n) is 8.68. The molecule has 0 saturated heterocycles. The number of anilines is 3. The van der Waals surface area contributed by atoms with E-state index in [0.29, 0.717) is 11.4 Å². The Bertz CT molecular complexity index is 987. The second-order valence-electron chi connectivity index (χ2n) is 6.46. The summed E-state index contributed by atoms with van der Waals surface area (Å²) in [6.07, 6.45) is 4.47. The number of nitrogens with zero attached hydrogens (tertiary/aromatic N) is 3. The number of ketones is 1. The van der Waals surface area contributed by atoms with E-state index in [4.69, 9.17) is 0 Å². The van der Waals surface area contributed by atoms with Crippen LogP contribution < -0.4 is 10.2 Å². The summed E-state index contributed by atoms with van der Waals surface area (Å²) in [5, 5.41) is 2.69. The summed E-state index contributed by atoms with van der Waals surface area (Å²) >= 11 is 0. The predicted octanol–water partition coefficient (Wildman–Crippen LogP) is 3.37. The standard InChI is InChI=1S/C21H18N4O2/c1-14-6-8-15(9-7-14)25-13-17(20(26)16-4-2-3-5-18(16)25)21(27)24-19-12-22-10-11-23-19/h2-12,17H,13H2,1H3,(H,23,24,27). The molecule has 0 spiro atoms. The van der Waals surface area contributed by atoms with Gasteiger partial charge in [0.1, 0.15) is 5.92 Å². The van der Waals surface area contributed by atoms with Gasteiger partial charge >= 0.3 is 0 Å². The zero-order valence-corrected chi connectivity index (χ0v) is 14.8. The van der Waals surface area contributed by atoms with Crippen LogP contribution in [0, 0.1) is 12.8 Å². The summed E-state index contributed by atoms with van der Waals surface area (Å²) in [4.78, 5) is 35.7. The largest absolute Gasteiger partial charge is 0.340 e. The fourth-order valence-corrected chi connectivity index (χ4v) is 3.22. The Morgan fingerprint density at radius 3 is 2.63 bits per heavy atom. The minimum Gasteiger partial charge on any atom is -0.340 e. The number of aromatic nitrogens is 2. The van der Waals surface area contributed by atoms with Crippen LogP contribution in [0.3, 0.4) is 0 Å². The van der Waals surface area contributed by atoms with Crippen LogP contribution in [0.5, 0.6) is 0 Å². The Kier molecular flexibility index (Phi) is 4.38. The van der Waals surface area contributed by atoms with Gasteiger partial charge in [0.15, 0.2) is 11.6 Å². The van der Waals surface area contributed by atoms with E-state index in [1.165, 1.54) is 18.6 Å². The van der Waals surface area contributed by atoms with Crippen LogP contribution in [0.2, 0.25) is 0 Å². The van der Waals surface area contributed by atoms with E-state index in [2.05, 4.69) is 15.3 Å². The Labute approximate surface area is 156 Å². The molecule has 6 heteroatoms. The van der Waals surface area contributed by atoms with Crippen molar-refractivity contribution >= 4 is 28.9 Å². The number of nitrogens with one attached hydrogen (secondary N) is 1. The third-order valence-corrected chi connectivity index (χ3v) is 4.62. The van der Waals surface area contributed by atoms with E-state index >= 15 is 0 Å². The SMILES string of the molecule is Cc1ccc(N2CC(C(=O)Nc3cnccn3)C(=O)c3ccccc32)cc1. The lowest BCUT2D eigenvalue weighted by Crippen LogP contribution is -2.43. The molecular weight excluding hydrogens is 340 g/mol. The van der Waals surface area contributed by atoms with Gasteiger partial charge in [0, 0.05) is 30.2 Å². The van der Waals surface area contributed by atoms with Crippen molar-refractivity contribution in [2.24, 2.45) is 5.92 Å². The van der Waals surface area contributed by atoms with Gasteiger partial charge in [0.25, 0.3) is 0 Å². The van der Waals surface area contributed by atoms with Gasteiger partial charge in [-0.1, -0.05) is 29.8 Å². The summed E-state index contributed by atoms with van der Waals surface area (Å²) in [5.41, 5.74) is 3.45. The van der Waals surface area contributed by atoms with Gasteiger partial charge in [-0.25, -0.2) is 4.98 Å². The van der Waals surface area contributed by atoms with Gasteiger partial charge in [-0.2, -0.15) is 0 Å². The second kappa shape index (κ2) is 6.99. The first-order valence-corrected chi connectivity index (χ1v) is 8.68. The zero-order valence-electron chi connectivity index (χ0n) is 14.8. The molecule has 0 bridgehead atoms. The number of amides is 1. The molecule has 0 saturated carbocycles. The maximum atomic E-state index is 13.0. The molecule has 1 amide bonds. The Balaban J connectivity index is 1.69. The van der Waals surface area contributed by atoms with E-state index in [-0.39, 0.29) is 18.2 Å². The van der Waals surface area contributed by atoms with E-state index in [9.17, 15) is 9.59 Å². The van der Waals surface area contributed by atoms with Crippen LogP contribution in [-0.4, -0.2) is 28.2 Å². The summed E-state index contributed by atoms with van der Waals surface area (Å²) in [6.45, 7) is 2.29. The normalized spacial score (nSPS) is 16.0. The minimum atomic E-state index is -0.830. The second-order valence-corrected chi connectivity index (χ2v) is 6.46. The quantitative estimate of drug-likeness (QED) is 0.727. The van der Waals surface area contributed by atoms with Gasteiger partial charge in [0.2, 0.25) is 5.91 Å². The molecule has 2 aromatic carbocycles. The number of carbonyl (C=O) groups is 2. The van der Waals surface area contributed by atoms with Crippen molar-refractivity contribution in [3.8, 4) is 0 Å². The molecular formula is C21H18N4O2. The molecule has 1 aliphatic heterocycles. The highest BCUT2D eigenvalue weighted by atomic mass is 16.2. The Morgan fingerprint density at radius 1 is 1.11 bits per heavy atom. The average Bonchev–Trinajstić information content (AvgIpc) is 2.70. The van der Waals surface area contributed by atoms with Gasteiger partial charge in [0.05, 0.1) is 11.9 Å². The number of fused-ring (bicyclic) bond motifs is 1. The Hall–Kier alpha value is -3.54. The predicted molar refractivity (Wildman–Crippen MR) is 103 cm³/mol. The Morgan fingerprint density at radius 2 is 1.89 bits per heavy atom. The lowest BCUT2D eigenvalue weighted by molar-refractivity contribution is -0.118. The summed E-state index contributed by atoms with van der Waals surface area (Å²) in [6, 6.07) is 15.4. The van der Waals surface area contributed by atoms with Crippen molar-refractivity contribution < 1.29 is 9.59 Å². The smallest absolute Gasteiger partial charge is 0.238 e. The van der Waals surface area contributed by atoms with Crippen LogP contribution in [0.15, 0.2) is 67.1 Å². The number of aryl methyl sites for hydroxylation is 1. The number of benzene rings is 2. The molecule has 1 atom stereocenters. The summed E-state index contributed by atoms with van der Waals surface area (Å²) in [7, 11) is 0. The molecule has 6 nitrogen and oxygen atoms in total. The molecule has 0 radical (unpaired) electrons. The van der Waals surface area contributed by atoms with Crippen LogP contribution in [0.4, 0.5) is 17.2 Å². The third-order valence-electron chi connectivity index (χ3n) is 4.62. The first-order chi connectivity index (χ1) is 13.1. The minimum absolute atomic E-state index is 0.185. The molecule has 1 aromatic heterocycles. The molecule has 27 heavy (non-hydrogen) atoms. The maximum Gasteiger partial charge on any atom is 0.238 e. The van der Waals surface area contributed by atoms with E-state index in [1.54, 1.807) is 6.07 Å². The van der Waals surface area contributed by atoms with Crippen LogP contribution in [-0.2, 0) is 4.79 Å². The first kappa shape index (κ1) is 16.9.